The Morgan fingerprint density at radius 1 is 0.833 bits per heavy atom. The molecule has 0 bridgehead atoms. The van der Waals surface area contributed by atoms with E-state index in [9.17, 15) is 0 Å². The van der Waals surface area contributed by atoms with Gasteiger partial charge in [-0.05, 0) is 35.1 Å². The third kappa shape index (κ3) is 2.44. The molecule has 0 saturated heterocycles. The van der Waals surface area contributed by atoms with Gasteiger partial charge in [0, 0.05) is 5.92 Å². The molecule has 0 aliphatic rings. The Hall–Kier alpha value is -0.890. The lowest BCUT2D eigenvalue weighted by atomic mass is 9.90. The molecule has 0 saturated carbocycles. The molecule has 1 nitrogen and oxygen atoms in total. The smallest absolute Gasteiger partial charge is 0.0963 e. The maximum absolute atomic E-state index is 4.77. The summed E-state index contributed by atoms with van der Waals surface area (Å²) in [5, 5.41) is 1.25. The van der Waals surface area contributed by atoms with Gasteiger partial charge in [-0.2, -0.15) is 0 Å². The standard InChI is InChI=1S/C16H23NS/c1-9(2)12-7-14-15(8-13(12)10(3)4)18-16(17-14)11(5)6/h7-11H,1-6H3. The molecule has 0 amide bonds. The Balaban J connectivity index is 2.65. The largest absolute Gasteiger partial charge is 0.241 e. The summed E-state index contributed by atoms with van der Waals surface area (Å²) < 4.78 is 1.34. The Morgan fingerprint density at radius 2 is 1.39 bits per heavy atom. The van der Waals surface area contributed by atoms with E-state index in [-0.39, 0.29) is 0 Å². The van der Waals surface area contributed by atoms with E-state index >= 15 is 0 Å². The van der Waals surface area contributed by atoms with Crippen LogP contribution in [0.2, 0.25) is 0 Å². The highest BCUT2D eigenvalue weighted by molar-refractivity contribution is 7.18. The van der Waals surface area contributed by atoms with Gasteiger partial charge in [-0.1, -0.05) is 41.5 Å². The van der Waals surface area contributed by atoms with E-state index in [0.29, 0.717) is 17.8 Å². The summed E-state index contributed by atoms with van der Waals surface area (Å²) in [6.45, 7) is 13.5. The van der Waals surface area contributed by atoms with Crippen LogP contribution in [0.4, 0.5) is 0 Å². The van der Waals surface area contributed by atoms with Gasteiger partial charge < -0.3 is 0 Å². The molecular weight excluding hydrogens is 238 g/mol. The van der Waals surface area contributed by atoms with Crippen LogP contribution in [-0.2, 0) is 0 Å². The van der Waals surface area contributed by atoms with Crippen molar-refractivity contribution in [2.75, 3.05) is 0 Å². The molecule has 0 unspecified atom stereocenters. The molecule has 0 fully saturated rings. The van der Waals surface area contributed by atoms with Crippen molar-refractivity contribution in [3.63, 3.8) is 0 Å². The quantitative estimate of drug-likeness (QED) is 0.694. The first-order valence-electron chi connectivity index (χ1n) is 6.84. The van der Waals surface area contributed by atoms with Crippen LogP contribution in [0.5, 0.6) is 0 Å². The van der Waals surface area contributed by atoms with Crippen molar-refractivity contribution in [2.24, 2.45) is 0 Å². The molecule has 0 spiro atoms. The molecule has 1 aromatic carbocycles. The van der Waals surface area contributed by atoms with Crippen LogP contribution in [0.3, 0.4) is 0 Å². The van der Waals surface area contributed by atoms with Crippen LogP contribution in [0.1, 0.15) is 75.4 Å². The molecule has 1 aromatic heterocycles. The van der Waals surface area contributed by atoms with E-state index < -0.39 is 0 Å². The summed E-state index contributed by atoms with van der Waals surface area (Å²) >= 11 is 1.85. The van der Waals surface area contributed by atoms with E-state index in [2.05, 4.69) is 53.7 Å². The van der Waals surface area contributed by atoms with Gasteiger partial charge in [-0.25, -0.2) is 4.98 Å². The Labute approximate surface area is 114 Å². The maximum Gasteiger partial charge on any atom is 0.0963 e. The van der Waals surface area contributed by atoms with Crippen LogP contribution < -0.4 is 0 Å². The summed E-state index contributed by atoms with van der Waals surface area (Å²) in [5.74, 6) is 1.67. The molecule has 2 aromatic rings. The first-order valence-corrected chi connectivity index (χ1v) is 7.66. The van der Waals surface area contributed by atoms with Crippen molar-refractivity contribution < 1.29 is 0 Å². The van der Waals surface area contributed by atoms with Gasteiger partial charge in [0.25, 0.3) is 0 Å². The van der Waals surface area contributed by atoms with Gasteiger partial charge in [0.2, 0.25) is 0 Å². The molecule has 0 N–H and O–H groups in total. The summed E-state index contributed by atoms with van der Waals surface area (Å²) in [5.41, 5.74) is 4.12. The molecule has 0 atom stereocenters. The first kappa shape index (κ1) is 13.5. The minimum Gasteiger partial charge on any atom is -0.241 e. The molecule has 98 valence electrons. The summed E-state index contributed by atoms with van der Waals surface area (Å²) in [4.78, 5) is 4.77. The van der Waals surface area contributed by atoms with Gasteiger partial charge in [0.15, 0.2) is 0 Å². The van der Waals surface area contributed by atoms with Crippen molar-refractivity contribution in [2.45, 2.75) is 59.3 Å². The maximum atomic E-state index is 4.77. The van der Waals surface area contributed by atoms with Crippen molar-refractivity contribution in [3.05, 3.63) is 28.3 Å². The number of thiazole rings is 1. The minimum atomic E-state index is 0.521. The van der Waals surface area contributed by atoms with Crippen molar-refractivity contribution in [3.8, 4) is 0 Å². The Morgan fingerprint density at radius 3 is 1.89 bits per heavy atom. The zero-order valence-corrected chi connectivity index (χ0v) is 13.1. The predicted molar refractivity (Wildman–Crippen MR) is 81.9 cm³/mol. The molecule has 0 aliphatic heterocycles. The fourth-order valence-electron chi connectivity index (χ4n) is 2.27. The molecule has 2 heteroatoms. The second kappa shape index (κ2) is 5.00. The number of aromatic nitrogens is 1. The monoisotopic (exact) mass is 261 g/mol. The summed E-state index contributed by atoms with van der Waals surface area (Å²) in [7, 11) is 0. The highest BCUT2D eigenvalue weighted by atomic mass is 32.1. The lowest BCUT2D eigenvalue weighted by Gasteiger charge is -2.15. The van der Waals surface area contributed by atoms with Gasteiger partial charge in [0.05, 0.1) is 15.2 Å². The highest BCUT2D eigenvalue weighted by Gasteiger charge is 2.14. The SMILES string of the molecule is CC(C)c1nc2cc(C(C)C)c(C(C)C)cc2s1. The number of hydrogen-bond acceptors (Lipinski definition) is 2. The van der Waals surface area contributed by atoms with E-state index in [1.807, 2.05) is 11.3 Å². The highest BCUT2D eigenvalue weighted by Crippen LogP contribution is 2.34. The van der Waals surface area contributed by atoms with E-state index in [1.54, 1.807) is 0 Å². The number of fused-ring (bicyclic) bond motifs is 1. The minimum absolute atomic E-state index is 0.521. The van der Waals surface area contributed by atoms with Crippen LogP contribution >= 0.6 is 11.3 Å². The normalized spacial score (nSPS) is 12.3. The average Bonchev–Trinajstić information content (AvgIpc) is 2.69. The van der Waals surface area contributed by atoms with E-state index in [0.717, 1.165) is 0 Å². The fraction of sp³-hybridized carbons (Fsp3) is 0.562. The predicted octanol–water partition coefficient (Wildman–Crippen LogP) is 5.67. The Bertz CT molecular complexity index is 504. The molecular formula is C16H23NS. The zero-order valence-electron chi connectivity index (χ0n) is 12.2. The third-order valence-corrected chi connectivity index (χ3v) is 4.67. The van der Waals surface area contributed by atoms with Gasteiger partial charge in [-0.15, -0.1) is 11.3 Å². The average molecular weight is 261 g/mol. The molecule has 18 heavy (non-hydrogen) atoms. The third-order valence-electron chi connectivity index (χ3n) is 3.35. The number of hydrogen-bond donors (Lipinski definition) is 0. The topological polar surface area (TPSA) is 12.9 Å². The molecule has 0 aliphatic carbocycles. The van der Waals surface area contributed by atoms with E-state index in [4.69, 9.17) is 4.98 Å². The zero-order chi connectivity index (χ0) is 13.4. The summed E-state index contributed by atoms with van der Waals surface area (Å²) in [6, 6.07) is 4.66. The Kier molecular flexibility index (Phi) is 3.76. The van der Waals surface area contributed by atoms with Gasteiger partial charge >= 0.3 is 0 Å². The second-order valence-corrected chi connectivity index (χ2v) is 7.03. The van der Waals surface area contributed by atoms with Gasteiger partial charge in [0.1, 0.15) is 0 Å². The van der Waals surface area contributed by atoms with Crippen molar-refractivity contribution in [1.29, 1.82) is 0 Å². The lowest BCUT2D eigenvalue weighted by Crippen LogP contribution is -1.98. The molecule has 2 rings (SSSR count). The lowest BCUT2D eigenvalue weighted by molar-refractivity contribution is 0.792. The number of rotatable bonds is 3. The fourth-order valence-corrected chi connectivity index (χ4v) is 3.27. The number of benzene rings is 1. The molecule has 0 radical (unpaired) electrons. The van der Waals surface area contributed by atoms with E-state index in [1.165, 1.54) is 26.4 Å². The van der Waals surface area contributed by atoms with Gasteiger partial charge in [-0.3, -0.25) is 0 Å². The van der Waals surface area contributed by atoms with Crippen LogP contribution in [-0.4, -0.2) is 4.98 Å². The molecule has 1 heterocycles. The summed E-state index contributed by atoms with van der Waals surface area (Å²) in [6.07, 6.45) is 0. The second-order valence-electron chi connectivity index (χ2n) is 5.97. The van der Waals surface area contributed by atoms with Crippen LogP contribution in [0.25, 0.3) is 10.2 Å². The van der Waals surface area contributed by atoms with Crippen molar-refractivity contribution >= 4 is 21.6 Å². The van der Waals surface area contributed by atoms with Crippen LogP contribution in [0, 0.1) is 0 Å². The van der Waals surface area contributed by atoms with Crippen molar-refractivity contribution in [1.82, 2.24) is 4.98 Å². The van der Waals surface area contributed by atoms with Crippen LogP contribution in [0.15, 0.2) is 12.1 Å². The number of nitrogens with zero attached hydrogens (tertiary/aromatic N) is 1. The first-order chi connectivity index (χ1) is 8.40.